The Balaban J connectivity index is 0.000000127. The van der Waals surface area contributed by atoms with E-state index in [9.17, 15) is 9.59 Å². The molecule has 0 N–H and O–H groups in total. The van der Waals surface area contributed by atoms with E-state index in [1.807, 2.05) is 66.7 Å². The molecule has 0 radical (unpaired) electrons. The van der Waals surface area contributed by atoms with Gasteiger partial charge in [0.05, 0.1) is 59.9 Å². The molecule has 5 nitrogen and oxygen atoms in total. The van der Waals surface area contributed by atoms with Crippen molar-refractivity contribution in [2.24, 2.45) is 9.98 Å². The molecule has 7 aromatic carbocycles. The third-order valence-corrected chi connectivity index (χ3v) is 11.7. The summed E-state index contributed by atoms with van der Waals surface area (Å²) < 4.78 is 0. The Bertz CT molecular complexity index is 2810. The second-order valence-corrected chi connectivity index (χ2v) is 14.0. The number of hydrogen-bond donors (Lipinski definition) is 0. The fourth-order valence-electron chi connectivity index (χ4n) is 7.81. The lowest BCUT2D eigenvalue weighted by atomic mass is 9.74. The molecule has 0 saturated carbocycles. The Hall–Kier alpha value is -5.04. The SMILES string of the molecule is O=C1c2c(Cl)c(Cl)c(Cl)c(Cl)c2C2=Nc3cccc4cccc(c34)N12.O=C1c2cccc3cccc(c23)C2=Nc3cccc4cccc(c34)C12. The lowest BCUT2D eigenvalue weighted by molar-refractivity contribution is 0.0981. The van der Waals surface area contributed by atoms with Crippen molar-refractivity contribution in [3.63, 3.8) is 0 Å². The second-order valence-electron chi connectivity index (χ2n) is 12.5. The van der Waals surface area contributed by atoms with Crippen LogP contribution in [0.1, 0.15) is 43.3 Å². The molecule has 1 atom stereocenters. The quantitative estimate of drug-likeness (QED) is 0.115. The van der Waals surface area contributed by atoms with Gasteiger partial charge in [-0.25, -0.2) is 4.99 Å². The number of carbonyl (C=O) groups excluding carboxylic acids is 2. The van der Waals surface area contributed by atoms with Gasteiger partial charge in [-0.1, -0.05) is 137 Å². The summed E-state index contributed by atoms with van der Waals surface area (Å²) in [5, 5.41) is 6.73. The van der Waals surface area contributed by atoms with Crippen LogP contribution in [0.15, 0.2) is 119 Å². The highest BCUT2D eigenvalue weighted by atomic mass is 35.5. The summed E-state index contributed by atoms with van der Waals surface area (Å²) in [5.74, 6) is -0.0537. The number of amidine groups is 1. The lowest BCUT2D eigenvalue weighted by Gasteiger charge is -2.30. The average Bonchev–Trinajstić information content (AvgIpc) is 3.44. The van der Waals surface area contributed by atoms with Crippen LogP contribution >= 0.6 is 46.4 Å². The molecule has 0 fully saturated rings. The van der Waals surface area contributed by atoms with Gasteiger partial charge in [0.1, 0.15) is 0 Å². The van der Waals surface area contributed by atoms with E-state index in [-0.39, 0.29) is 43.3 Å². The maximum absolute atomic E-state index is 13.4. The van der Waals surface area contributed by atoms with Crippen LogP contribution in [-0.4, -0.2) is 23.2 Å². The number of ketones is 1. The van der Waals surface area contributed by atoms with Crippen molar-refractivity contribution in [1.82, 2.24) is 0 Å². The van der Waals surface area contributed by atoms with Crippen molar-refractivity contribution < 1.29 is 9.59 Å². The van der Waals surface area contributed by atoms with E-state index in [2.05, 4.69) is 47.5 Å². The van der Waals surface area contributed by atoms with Crippen molar-refractivity contribution in [2.75, 3.05) is 4.90 Å². The number of aliphatic imine (C=N–C) groups is 2. The molecule has 0 saturated heterocycles. The molecule has 4 aliphatic rings. The van der Waals surface area contributed by atoms with Crippen LogP contribution in [0.2, 0.25) is 20.1 Å². The summed E-state index contributed by atoms with van der Waals surface area (Å²) in [5.41, 5.74) is 6.97. The molecule has 9 heteroatoms. The molecule has 50 heavy (non-hydrogen) atoms. The van der Waals surface area contributed by atoms with Crippen LogP contribution in [-0.2, 0) is 0 Å². The molecule has 238 valence electrons. The van der Waals surface area contributed by atoms with Crippen LogP contribution in [0.5, 0.6) is 0 Å². The van der Waals surface area contributed by atoms with Gasteiger partial charge in [-0.3, -0.25) is 19.5 Å². The summed E-state index contributed by atoms with van der Waals surface area (Å²) >= 11 is 25.0. The third-order valence-electron chi connectivity index (χ3n) is 9.90. The van der Waals surface area contributed by atoms with Crippen LogP contribution in [0.25, 0.3) is 32.3 Å². The van der Waals surface area contributed by atoms with E-state index in [0.29, 0.717) is 11.4 Å². The zero-order valence-corrected chi connectivity index (χ0v) is 28.7. The smallest absolute Gasteiger partial charge is 0.266 e. The van der Waals surface area contributed by atoms with Crippen LogP contribution in [0, 0.1) is 0 Å². The number of nitrogens with zero attached hydrogens (tertiary/aromatic N) is 3. The summed E-state index contributed by atoms with van der Waals surface area (Å²) in [6.45, 7) is 0. The minimum absolute atomic E-state index is 0.0663. The van der Waals surface area contributed by atoms with E-state index >= 15 is 0 Å². The maximum atomic E-state index is 13.4. The zero-order chi connectivity index (χ0) is 34.0. The van der Waals surface area contributed by atoms with E-state index < -0.39 is 0 Å². The molecule has 1 aliphatic carbocycles. The van der Waals surface area contributed by atoms with Crippen molar-refractivity contribution in [3.8, 4) is 0 Å². The molecule has 0 spiro atoms. The fraction of sp³-hybridized carbons (Fsp3) is 0.0244. The topological polar surface area (TPSA) is 62.1 Å². The first kappa shape index (κ1) is 29.8. The Morgan fingerprint density at radius 3 is 1.76 bits per heavy atom. The maximum Gasteiger partial charge on any atom is 0.266 e. The number of amides is 1. The largest absolute Gasteiger partial charge is 0.293 e. The summed E-state index contributed by atoms with van der Waals surface area (Å²) in [6.07, 6.45) is 0. The first-order valence-electron chi connectivity index (χ1n) is 15.8. The van der Waals surface area contributed by atoms with Crippen molar-refractivity contribution in [2.45, 2.75) is 5.92 Å². The number of hydrogen-bond acceptors (Lipinski definition) is 4. The molecule has 1 amide bonds. The number of fused-ring (bicyclic) bond motifs is 7. The number of Topliss-reactive ketones (excluding diaryl/α,β-unsaturated/α-hetero) is 1. The van der Waals surface area contributed by atoms with Gasteiger partial charge in [0.2, 0.25) is 0 Å². The van der Waals surface area contributed by atoms with Gasteiger partial charge in [-0.2, -0.15) is 0 Å². The predicted molar refractivity (Wildman–Crippen MR) is 205 cm³/mol. The summed E-state index contributed by atoms with van der Waals surface area (Å²) in [4.78, 5) is 37.7. The average molecular weight is 727 g/mol. The molecule has 7 aromatic rings. The molecule has 3 aliphatic heterocycles. The number of anilines is 1. The Morgan fingerprint density at radius 1 is 0.520 bits per heavy atom. The zero-order valence-electron chi connectivity index (χ0n) is 25.6. The predicted octanol–water partition coefficient (Wildman–Crippen LogP) is 11.9. The first-order chi connectivity index (χ1) is 24.3. The highest BCUT2D eigenvalue weighted by molar-refractivity contribution is 6.57. The normalized spacial score (nSPS) is 16.1. The van der Waals surface area contributed by atoms with Crippen molar-refractivity contribution >= 4 is 119 Å². The van der Waals surface area contributed by atoms with Crippen molar-refractivity contribution in [3.05, 3.63) is 157 Å². The van der Waals surface area contributed by atoms with Gasteiger partial charge in [0.15, 0.2) is 11.6 Å². The van der Waals surface area contributed by atoms with Gasteiger partial charge in [-0.05, 0) is 39.9 Å². The van der Waals surface area contributed by atoms with E-state index in [1.165, 1.54) is 4.90 Å². The monoisotopic (exact) mass is 725 g/mol. The highest BCUT2D eigenvalue weighted by Crippen LogP contribution is 2.50. The number of carbonyl (C=O) groups is 2. The van der Waals surface area contributed by atoms with Gasteiger partial charge in [0.25, 0.3) is 5.91 Å². The molecular weight excluding hydrogens is 708 g/mol. The van der Waals surface area contributed by atoms with Gasteiger partial charge in [0, 0.05) is 27.3 Å². The second kappa shape index (κ2) is 10.7. The number of rotatable bonds is 0. The van der Waals surface area contributed by atoms with Gasteiger partial charge < -0.3 is 0 Å². The number of benzene rings is 7. The van der Waals surface area contributed by atoms with E-state index in [4.69, 9.17) is 51.4 Å². The summed E-state index contributed by atoms with van der Waals surface area (Å²) in [6, 6.07) is 36.1. The lowest BCUT2D eigenvalue weighted by Crippen LogP contribution is -2.31. The Morgan fingerprint density at radius 2 is 1.06 bits per heavy atom. The Labute approximate surface area is 305 Å². The summed E-state index contributed by atoms with van der Waals surface area (Å²) in [7, 11) is 0. The molecule has 0 bridgehead atoms. The van der Waals surface area contributed by atoms with Crippen LogP contribution in [0.4, 0.5) is 17.1 Å². The standard InChI is InChI=1S/C23H13NO.C18H6Cl4N2O/c25-23-17-11-3-6-13-5-2-10-16(19(13)17)22-21(23)15-9-1-7-14-8-4-12-18(24-22)20(14)15;19-13-11-12(14(20)16(22)15(13)21)18(25)24-9-6-2-4-7-3-1-5-8(10(7)9)23-17(11)24/h1-12,21H;1-6H. The first-order valence-corrected chi connectivity index (χ1v) is 17.3. The fourth-order valence-corrected chi connectivity index (χ4v) is 8.83. The highest BCUT2D eigenvalue weighted by Gasteiger charge is 2.43. The molecule has 11 rings (SSSR count). The minimum Gasteiger partial charge on any atom is -0.293 e. The van der Waals surface area contributed by atoms with Gasteiger partial charge >= 0.3 is 0 Å². The molecular formula is C41H19Cl4N3O2. The third kappa shape index (κ3) is 3.92. The van der Waals surface area contributed by atoms with E-state index in [0.717, 1.165) is 71.8 Å². The number of halogens is 4. The van der Waals surface area contributed by atoms with Crippen LogP contribution < -0.4 is 4.90 Å². The molecule has 3 heterocycles. The Kier molecular flexibility index (Phi) is 6.40. The molecule has 1 unspecified atom stereocenters. The minimum atomic E-state index is -0.318. The van der Waals surface area contributed by atoms with E-state index in [1.54, 1.807) is 0 Å². The molecule has 0 aromatic heterocycles. The van der Waals surface area contributed by atoms with Crippen LogP contribution in [0.3, 0.4) is 0 Å². The van der Waals surface area contributed by atoms with Gasteiger partial charge in [-0.15, -0.1) is 0 Å². The van der Waals surface area contributed by atoms with Crippen molar-refractivity contribution in [1.29, 1.82) is 0 Å².